The molecule has 1 aromatic carbocycles. The normalized spacial score (nSPS) is 20.9. The number of anilines is 1. The van der Waals surface area contributed by atoms with Gasteiger partial charge in [0.1, 0.15) is 22.8 Å². The summed E-state index contributed by atoms with van der Waals surface area (Å²) in [6, 6.07) is 10.5. The monoisotopic (exact) mass is 524 g/mol. The van der Waals surface area contributed by atoms with E-state index in [4.69, 9.17) is 14.1 Å². The predicted molar refractivity (Wildman–Crippen MR) is 139 cm³/mol. The highest BCUT2D eigenvalue weighted by Crippen LogP contribution is 2.35. The SMILES string of the molecule is COc1ccc2c(c1)C(=O)N(CC1(c3cc4nc(N(CCO)CCN(C)C)ccc4o3)NC(O)NC1=O)C2. The van der Waals surface area contributed by atoms with Crippen molar-refractivity contribution < 1.29 is 29.0 Å². The maximum Gasteiger partial charge on any atom is 0.254 e. The molecule has 12 heteroatoms. The zero-order valence-corrected chi connectivity index (χ0v) is 21.6. The minimum Gasteiger partial charge on any atom is -0.497 e. The van der Waals surface area contributed by atoms with Crippen LogP contribution in [-0.2, 0) is 16.9 Å². The smallest absolute Gasteiger partial charge is 0.254 e. The summed E-state index contributed by atoms with van der Waals surface area (Å²) in [6.45, 7) is 2.07. The minimum atomic E-state index is -1.53. The van der Waals surface area contributed by atoms with E-state index in [1.54, 1.807) is 35.2 Å². The maximum atomic E-state index is 13.3. The van der Waals surface area contributed by atoms with Crippen LogP contribution in [0, 0.1) is 0 Å². The Balaban J connectivity index is 1.47. The van der Waals surface area contributed by atoms with Crippen molar-refractivity contribution in [3.8, 4) is 5.75 Å². The van der Waals surface area contributed by atoms with Crippen LogP contribution in [0.25, 0.3) is 11.1 Å². The molecule has 2 aromatic heterocycles. The van der Waals surface area contributed by atoms with Gasteiger partial charge in [-0.3, -0.25) is 14.9 Å². The molecular formula is C26H32N6O6. The second kappa shape index (κ2) is 10.2. The summed E-state index contributed by atoms with van der Waals surface area (Å²) >= 11 is 0. The molecule has 202 valence electrons. The van der Waals surface area contributed by atoms with Crippen LogP contribution in [0.4, 0.5) is 5.82 Å². The topological polar surface area (TPSA) is 144 Å². The summed E-state index contributed by atoms with van der Waals surface area (Å²) in [5, 5.41) is 25.2. The Morgan fingerprint density at radius 1 is 1.18 bits per heavy atom. The lowest BCUT2D eigenvalue weighted by atomic mass is 9.95. The van der Waals surface area contributed by atoms with Crippen LogP contribution in [0.3, 0.4) is 0 Å². The number of nitrogens with zero attached hydrogens (tertiary/aromatic N) is 4. The number of carbonyl (C=O) groups is 2. The third-order valence-electron chi connectivity index (χ3n) is 6.95. The Morgan fingerprint density at radius 2 is 2.00 bits per heavy atom. The number of fused-ring (bicyclic) bond motifs is 2. The second-order valence-corrected chi connectivity index (χ2v) is 9.79. The number of ether oxygens (including phenoxy) is 1. The quantitative estimate of drug-likeness (QED) is 0.287. The molecule has 0 saturated carbocycles. The van der Waals surface area contributed by atoms with Crippen molar-refractivity contribution in [2.45, 2.75) is 18.4 Å². The fourth-order valence-electron chi connectivity index (χ4n) is 4.92. The maximum absolute atomic E-state index is 13.3. The number of hydrogen-bond acceptors (Lipinski definition) is 10. The first-order chi connectivity index (χ1) is 18.2. The van der Waals surface area contributed by atoms with Gasteiger partial charge in [0, 0.05) is 37.8 Å². The number of benzene rings is 1. The molecule has 4 N–H and O–H groups in total. The number of aromatic nitrogens is 1. The van der Waals surface area contributed by atoms with Gasteiger partial charge in [0.2, 0.25) is 0 Å². The molecule has 1 saturated heterocycles. The molecule has 1 fully saturated rings. The first kappa shape index (κ1) is 25.9. The average molecular weight is 525 g/mol. The number of pyridine rings is 1. The molecule has 0 spiro atoms. The van der Waals surface area contributed by atoms with Gasteiger partial charge in [-0.1, -0.05) is 6.07 Å². The minimum absolute atomic E-state index is 0.0208. The number of aliphatic hydroxyl groups excluding tert-OH is 2. The van der Waals surface area contributed by atoms with Gasteiger partial charge in [-0.15, -0.1) is 0 Å². The zero-order valence-electron chi connectivity index (χ0n) is 21.6. The van der Waals surface area contributed by atoms with Crippen LogP contribution in [-0.4, -0.2) is 97.2 Å². The van der Waals surface area contributed by atoms with Crippen molar-refractivity contribution in [2.24, 2.45) is 0 Å². The van der Waals surface area contributed by atoms with E-state index in [0.717, 1.165) is 12.1 Å². The molecule has 12 nitrogen and oxygen atoms in total. The summed E-state index contributed by atoms with van der Waals surface area (Å²) in [6.07, 6.45) is -1.31. The second-order valence-electron chi connectivity index (χ2n) is 9.79. The molecule has 2 aliphatic heterocycles. The van der Waals surface area contributed by atoms with E-state index >= 15 is 0 Å². The number of nitrogens with one attached hydrogen (secondary N) is 2. The van der Waals surface area contributed by atoms with E-state index in [1.165, 1.54) is 7.11 Å². The molecule has 0 radical (unpaired) electrons. The molecule has 0 aliphatic carbocycles. The van der Waals surface area contributed by atoms with Crippen molar-refractivity contribution in [3.63, 3.8) is 0 Å². The van der Waals surface area contributed by atoms with Crippen molar-refractivity contribution in [2.75, 3.05) is 58.9 Å². The highest BCUT2D eigenvalue weighted by atomic mass is 16.5. The Morgan fingerprint density at radius 3 is 2.68 bits per heavy atom. The standard InChI is InChI=1S/C26H32N6O6/c1-30(2)8-9-31(10-11-33)22-7-6-20-19(27-22)13-21(38-20)26(24(35)28-25(36)29-26)15-32-14-16-4-5-17(37-3)12-18(16)23(32)34/h4-7,12-13,25,29,33,36H,8-11,14-15H2,1-3H3,(H,28,35). The van der Waals surface area contributed by atoms with Crippen LogP contribution in [0.15, 0.2) is 40.8 Å². The van der Waals surface area contributed by atoms with Gasteiger partial charge >= 0.3 is 0 Å². The Kier molecular flexibility index (Phi) is 6.97. The highest BCUT2D eigenvalue weighted by molar-refractivity contribution is 6.00. The van der Waals surface area contributed by atoms with E-state index < -0.39 is 17.8 Å². The Hall–Kier alpha value is -3.71. The lowest BCUT2D eigenvalue weighted by Gasteiger charge is -2.29. The Bertz CT molecular complexity index is 1360. The molecule has 2 atom stereocenters. The van der Waals surface area contributed by atoms with E-state index in [1.807, 2.05) is 30.0 Å². The van der Waals surface area contributed by atoms with Crippen LogP contribution >= 0.6 is 0 Å². The molecule has 4 heterocycles. The van der Waals surface area contributed by atoms with Crippen molar-refractivity contribution >= 4 is 28.7 Å². The van der Waals surface area contributed by atoms with E-state index in [9.17, 15) is 19.8 Å². The van der Waals surface area contributed by atoms with Gasteiger partial charge in [-0.2, -0.15) is 0 Å². The fraction of sp³-hybridized carbons (Fsp3) is 0.423. The average Bonchev–Trinajstić information content (AvgIpc) is 3.54. The van der Waals surface area contributed by atoms with Gasteiger partial charge < -0.3 is 39.4 Å². The first-order valence-electron chi connectivity index (χ1n) is 12.4. The number of hydrogen-bond donors (Lipinski definition) is 4. The molecule has 3 aromatic rings. The lowest BCUT2D eigenvalue weighted by Crippen LogP contribution is -2.53. The molecule has 5 rings (SSSR count). The lowest BCUT2D eigenvalue weighted by molar-refractivity contribution is -0.125. The first-order valence-corrected chi connectivity index (χ1v) is 12.4. The fourth-order valence-corrected chi connectivity index (χ4v) is 4.92. The van der Waals surface area contributed by atoms with Crippen LogP contribution in [0.5, 0.6) is 5.75 Å². The van der Waals surface area contributed by atoms with Gasteiger partial charge in [-0.05, 0) is 43.9 Å². The molecule has 0 bridgehead atoms. The third-order valence-corrected chi connectivity index (χ3v) is 6.95. The van der Waals surface area contributed by atoms with E-state index in [0.29, 0.717) is 47.9 Å². The Labute approximate surface area is 219 Å². The summed E-state index contributed by atoms with van der Waals surface area (Å²) in [7, 11) is 5.49. The van der Waals surface area contributed by atoms with Crippen LogP contribution < -0.4 is 20.3 Å². The van der Waals surface area contributed by atoms with Crippen molar-refractivity contribution in [3.05, 3.63) is 53.3 Å². The van der Waals surface area contributed by atoms with Crippen molar-refractivity contribution in [1.29, 1.82) is 0 Å². The number of aliphatic hydroxyl groups is 2. The number of likely N-dealkylation sites (N-methyl/N-ethyl adjacent to an activating group) is 1. The van der Waals surface area contributed by atoms with Gasteiger partial charge in [0.05, 0.1) is 20.3 Å². The van der Waals surface area contributed by atoms with Crippen molar-refractivity contribution in [1.82, 2.24) is 25.4 Å². The summed E-state index contributed by atoms with van der Waals surface area (Å²) in [5.74, 6) is 0.706. The summed E-state index contributed by atoms with van der Waals surface area (Å²) < 4.78 is 11.4. The van der Waals surface area contributed by atoms with E-state index in [2.05, 4.69) is 10.6 Å². The highest BCUT2D eigenvalue weighted by Gasteiger charge is 2.52. The molecular weight excluding hydrogens is 492 g/mol. The van der Waals surface area contributed by atoms with E-state index in [-0.39, 0.29) is 24.8 Å². The summed E-state index contributed by atoms with van der Waals surface area (Å²) in [5.41, 5.74) is 0.772. The predicted octanol–water partition coefficient (Wildman–Crippen LogP) is 0.0433. The third kappa shape index (κ3) is 4.67. The summed E-state index contributed by atoms with van der Waals surface area (Å²) in [4.78, 5) is 36.8. The number of amides is 2. The number of furan rings is 1. The molecule has 2 aliphatic rings. The van der Waals surface area contributed by atoms with Crippen LogP contribution in [0.2, 0.25) is 0 Å². The number of carbonyl (C=O) groups excluding carboxylic acids is 2. The van der Waals surface area contributed by atoms with Gasteiger partial charge in [0.25, 0.3) is 11.8 Å². The van der Waals surface area contributed by atoms with Gasteiger partial charge in [-0.25, -0.2) is 4.98 Å². The number of rotatable bonds is 10. The molecule has 2 amide bonds. The molecule has 2 unspecified atom stereocenters. The zero-order chi connectivity index (χ0) is 27.0. The largest absolute Gasteiger partial charge is 0.497 e. The molecule has 38 heavy (non-hydrogen) atoms. The van der Waals surface area contributed by atoms with Crippen LogP contribution in [0.1, 0.15) is 21.7 Å². The number of methoxy groups -OCH3 is 1. The van der Waals surface area contributed by atoms with Gasteiger partial charge in [0.15, 0.2) is 17.5 Å².